The fourth-order valence-corrected chi connectivity index (χ4v) is 4.44. The molecule has 2 heterocycles. The summed E-state index contributed by atoms with van der Waals surface area (Å²) >= 11 is 6.43. The van der Waals surface area contributed by atoms with Gasteiger partial charge < -0.3 is 10.6 Å². The Bertz CT molecular complexity index is 1100. The van der Waals surface area contributed by atoms with E-state index in [0.29, 0.717) is 5.11 Å². The molecule has 1 radical (unpaired) electrons. The molecule has 3 rings (SSSR count). The van der Waals surface area contributed by atoms with Gasteiger partial charge in [-0.05, 0) is 80.1 Å². The van der Waals surface area contributed by atoms with Crippen molar-refractivity contribution in [3.63, 3.8) is 0 Å². The number of aromatic nitrogens is 2. The van der Waals surface area contributed by atoms with Gasteiger partial charge in [-0.3, -0.25) is 14.9 Å². The molecule has 1 aromatic carbocycles. The predicted molar refractivity (Wildman–Crippen MR) is 165 cm³/mol. The van der Waals surface area contributed by atoms with Gasteiger partial charge in [-0.1, -0.05) is 37.8 Å². The van der Waals surface area contributed by atoms with E-state index >= 15 is 0 Å². The van der Waals surface area contributed by atoms with Crippen LogP contribution in [0.25, 0.3) is 0 Å². The summed E-state index contributed by atoms with van der Waals surface area (Å²) in [5.74, 6) is 4.84. The van der Waals surface area contributed by atoms with Gasteiger partial charge in [0, 0.05) is 63.0 Å². The van der Waals surface area contributed by atoms with Crippen LogP contribution in [0.2, 0.25) is 0 Å². The third-order valence-electron chi connectivity index (χ3n) is 5.69. The monoisotopic (exact) mass is 811 g/mol. The molecule has 0 amide bonds. The molecule has 0 saturated heterocycles. The average Bonchev–Trinajstić information content (AvgIpc) is 3.07. The minimum Gasteiger partial charge on any atom is 0 e. The summed E-state index contributed by atoms with van der Waals surface area (Å²) in [5.41, 5.74) is 3.11. The second-order valence-corrected chi connectivity index (χ2v) is 9.81. The Morgan fingerprint density at radius 2 is 1.32 bits per heavy atom. The molecule has 0 aliphatic heterocycles. The first-order valence-electron chi connectivity index (χ1n) is 13.2. The Hall–Kier alpha value is -2.72. The minimum atomic E-state index is 0. The quantitative estimate of drug-likeness (QED) is 0.0302. The first-order chi connectivity index (χ1) is 21.2. The molecular formula is C30H36N6O5ReS2. The maximum absolute atomic E-state index is 7.50. The fourth-order valence-electron chi connectivity index (χ4n) is 3.85. The zero-order valence-corrected chi connectivity index (χ0v) is 28.5. The van der Waals surface area contributed by atoms with Crippen molar-refractivity contribution < 1.29 is 43.7 Å². The summed E-state index contributed by atoms with van der Waals surface area (Å²) < 4.78 is 27.1. The summed E-state index contributed by atoms with van der Waals surface area (Å²) in [6.07, 6.45) is 10.9. The second-order valence-electron chi connectivity index (χ2n) is 8.63. The number of pyridine rings is 2. The first-order valence-corrected chi connectivity index (χ1v) is 14.4. The molecule has 4 N–H and O–H groups in total. The maximum atomic E-state index is 7.50. The smallest absolute Gasteiger partial charge is 0 e. The molecule has 0 atom stereocenters. The number of hydrogen-bond donors (Lipinski definition) is 3. The molecule has 11 nitrogen and oxygen atoms in total. The number of nitrogens with two attached hydrogens (primary N) is 1. The minimum absolute atomic E-state index is 0. The average molecular weight is 811 g/mol. The Morgan fingerprint density at radius 3 is 1.82 bits per heavy atom. The largest absolute Gasteiger partial charge is 0 e. The van der Waals surface area contributed by atoms with E-state index in [-0.39, 0.29) is 20.4 Å². The van der Waals surface area contributed by atoms with Gasteiger partial charge >= 0.3 is 33.9 Å². The summed E-state index contributed by atoms with van der Waals surface area (Å²) in [5, 5.41) is 7.10. The van der Waals surface area contributed by atoms with Gasteiger partial charge in [-0.2, -0.15) is 5.90 Å². The normalized spacial score (nSPS) is 9.36. The Kier molecular flexibility index (Phi) is 31.3. The second kappa shape index (κ2) is 31.7. The molecule has 0 bridgehead atoms. The molecule has 0 saturated carbocycles. The van der Waals surface area contributed by atoms with E-state index < -0.39 is 0 Å². The Morgan fingerprint density at radius 1 is 0.795 bits per heavy atom. The van der Waals surface area contributed by atoms with Crippen molar-refractivity contribution >= 4 is 35.1 Å². The molecule has 14 heteroatoms. The first kappa shape index (κ1) is 43.4. The fraction of sp³-hybridized carbons (Fsp3) is 0.333. The van der Waals surface area contributed by atoms with Crippen molar-refractivity contribution in [2.24, 2.45) is 5.90 Å². The number of nitrogens with one attached hydrogen (secondary N) is 2. The van der Waals surface area contributed by atoms with E-state index in [0.717, 1.165) is 66.6 Å². The number of hydrogen-bond acceptors (Lipinski definition) is 8. The molecule has 0 fully saturated rings. The van der Waals surface area contributed by atoms with Crippen molar-refractivity contribution in [3.8, 4) is 0 Å². The van der Waals surface area contributed by atoms with Crippen molar-refractivity contribution in [1.82, 2.24) is 20.2 Å². The van der Waals surface area contributed by atoms with Crippen LogP contribution in [0.5, 0.6) is 0 Å². The molecule has 0 aliphatic carbocycles. The van der Waals surface area contributed by atoms with Crippen molar-refractivity contribution in [2.75, 3.05) is 18.4 Å². The Labute approximate surface area is 283 Å². The van der Waals surface area contributed by atoms with Crippen molar-refractivity contribution in [3.05, 3.63) is 104 Å². The molecule has 0 unspecified atom stereocenters. The Balaban J connectivity index is 0. The van der Waals surface area contributed by atoms with Crippen LogP contribution >= 0.6 is 24.3 Å². The number of nitrogens with zero attached hydrogens (tertiary/aromatic N) is 3. The topological polar surface area (TPSA) is 157 Å². The van der Waals surface area contributed by atoms with Crippen molar-refractivity contribution in [1.29, 1.82) is 0 Å². The number of unbranched alkanes of at least 4 members (excludes halogenated alkanes) is 5. The maximum Gasteiger partial charge on any atom is 0 e. The SMILES string of the molecule is NOOSc1ccc(NC(=S)NCCCCCCCCN(Cc2ccccn2)Cc2ccccn2)cc1.[C-]#[O+].[C-]#[O+].[C-]#[O+].[Re]. The van der Waals surface area contributed by atoms with E-state index in [1.54, 1.807) is 0 Å². The van der Waals surface area contributed by atoms with E-state index in [1.807, 2.05) is 60.9 Å². The number of benzene rings is 1. The van der Waals surface area contributed by atoms with Crippen LogP contribution in [0.1, 0.15) is 49.9 Å². The van der Waals surface area contributed by atoms with Gasteiger partial charge in [0.25, 0.3) is 0 Å². The predicted octanol–water partition coefficient (Wildman–Crippen LogP) is 5.52. The van der Waals surface area contributed by atoms with Gasteiger partial charge in [0.15, 0.2) is 5.11 Å². The van der Waals surface area contributed by atoms with Crippen LogP contribution in [-0.2, 0) is 56.8 Å². The van der Waals surface area contributed by atoms with Crippen LogP contribution in [0, 0.1) is 20.0 Å². The van der Waals surface area contributed by atoms with Gasteiger partial charge in [0.2, 0.25) is 0 Å². The van der Waals surface area contributed by atoms with Crippen LogP contribution < -0.4 is 16.5 Å². The molecule has 44 heavy (non-hydrogen) atoms. The third kappa shape index (κ3) is 21.9. The third-order valence-corrected chi connectivity index (χ3v) is 6.55. The summed E-state index contributed by atoms with van der Waals surface area (Å²) in [6.45, 7) is 17.1. The number of thiocarbonyl (C=S) groups is 1. The van der Waals surface area contributed by atoms with Crippen LogP contribution in [0.4, 0.5) is 5.69 Å². The summed E-state index contributed by atoms with van der Waals surface area (Å²) in [7, 11) is 0. The molecule has 3 aromatic rings. The van der Waals surface area contributed by atoms with Gasteiger partial charge in [0.1, 0.15) is 0 Å². The van der Waals surface area contributed by atoms with Gasteiger partial charge in [-0.25, -0.2) is 0 Å². The number of anilines is 1. The van der Waals surface area contributed by atoms with Crippen molar-refractivity contribution in [2.45, 2.75) is 56.5 Å². The molecule has 0 spiro atoms. The zero-order chi connectivity index (χ0) is 32.0. The van der Waals surface area contributed by atoms with Crippen LogP contribution in [-0.4, -0.2) is 33.1 Å². The van der Waals surface area contributed by atoms with Gasteiger partial charge in [0.05, 0.1) is 23.4 Å². The van der Waals surface area contributed by atoms with E-state index in [4.69, 9.17) is 32.1 Å². The van der Waals surface area contributed by atoms with Crippen LogP contribution in [0.3, 0.4) is 0 Å². The zero-order valence-electron chi connectivity index (χ0n) is 24.2. The molecule has 0 aliphatic rings. The van der Waals surface area contributed by atoms with E-state index in [2.05, 4.69) is 66.9 Å². The van der Waals surface area contributed by atoms with E-state index in [1.165, 1.54) is 32.1 Å². The summed E-state index contributed by atoms with van der Waals surface area (Å²) in [4.78, 5) is 16.4. The van der Waals surface area contributed by atoms with Gasteiger partial charge in [-0.15, -0.1) is 9.32 Å². The molecule has 235 valence electrons. The molecular weight excluding hydrogens is 775 g/mol. The number of rotatable bonds is 17. The molecule has 2 aromatic heterocycles. The standard InChI is InChI=1S/C27H36N6O2S2.3CO.Re/c28-34-35-37-26-15-13-23(14-16-26)32-27(36)31-19-7-3-1-2-4-10-20-33(21-24-11-5-8-17-29-24)22-25-12-6-9-18-30-25;3*1-2;/h5-6,8-9,11-18H,1-4,7,10,19-22,28H2,(H2,31,32,36);;;;. The van der Waals surface area contributed by atoms with Crippen LogP contribution in [0.15, 0.2) is 78.0 Å². The summed E-state index contributed by atoms with van der Waals surface area (Å²) in [6, 6.07) is 19.8. The van der Waals surface area contributed by atoms with E-state index in [9.17, 15) is 0 Å².